The number of nitrogens with zero attached hydrogens (tertiary/aromatic N) is 5. The maximum atomic E-state index is 5.30. The Balaban J connectivity index is 1.74. The fourth-order valence-corrected chi connectivity index (χ4v) is 5.98. The average Bonchev–Trinajstić information content (AvgIpc) is 3.44. The minimum atomic E-state index is 0.420. The second-order valence-electron chi connectivity index (χ2n) is 10.6. The summed E-state index contributed by atoms with van der Waals surface area (Å²) in [5.41, 5.74) is 13.2. The van der Waals surface area contributed by atoms with Crippen molar-refractivity contribution in [3.63, 3.8) is 0 Å². The molecular weight excluding hydrogens is 430 g/mol. The smallest absolute Gasteiger partial charge is 0.215 e. The molecule has 0 N–H and O–H groups in total. The molecule has 0 unspecified atom stereocenters. The highest BCUT2D eigenvalue weighted by atomic mass is 15.2. The van der Waals surface area contributed by atoms with Crippen molar-refractivity contribution >= 4 is 38.9 Å². The van der Waals surface area contributed by atoms with Crippen molar-refractivity contribution in [3.8, 4) is 11.4 Å². The quantitative estimate of drug-likeness (QED) is 0.274. The molecule has 0 spiro atoms. The van der Waals surface area contributed by atoms with Crippen molar-refractivity contribution in [2.24, 2.45) is 14.1 Å². The van der Waals surface area contributed by atoms with Crippen LogP contribution in [-0.2, 0) is 14.1 Å². The van der Waals surface area contributed by atoms with Gasteiger partial charge in [0.25, 0.3) is 0 Å². The Hall–Kier alpha value is -3.60. The number of aryl methyl sites for hydroxylation is 4. The van der Waals surface area contributed by atoms with E-state index in [0.717, 1.165) is 33.7 Å². The molecule has 0 aliphatic rings. The Bertz CT molecular complexity index is 1760. The molecule has 0 atom stereocenters. The van der Waals surface area contributed by atoms with Gasteiger partial charge in [0.2, 0.25) is 5.78 Å². The largest absolute Gasteiger partial charge is 0.327 e. The summed E-state index contributed by atoms with van der Waals surface area (Å²) in [6.07, 6.45) is 0. The van der Waals surface area contributed by atoms with Crippen LogP contribution in [0.1, 0.15) is 61.8 Å². The summed E-state index contributed by atoms with van der Waals surface area (Å²) in [5.74, 6) is 2.86. The average molecular weight is 464 g/mol. The van der Waals surface area contributed by atoms with Crippen LogP contribution >= 0.6 is 0 Å². The fraction of sp³-hybridized carbons (Fsp3) is 0.333. The first-order valence-corrected chi connectivity index (χ1v) is 12.6. The monoisotopic (exact) mass is 463 g/mol. The van der Waals surface area contributed by atoms with Crippen LogP contribution < -0.4 is 0 Å². The molecule has 5 nitrogen and oxygen atoms in total. The lowest BCUT2D eigenvalue weighted by atomic mass is 9.88. The van der Waals surface area contributed by atoms with Crippen molar-refractivity contribution in [2.45, 2.75) is 53.4 Å². The van der Waals surface area contributed by atoms with E-state index < -0.39 is 0 Å². The summed E-state index contributed by atoms with van der Waals surface area (Å²) in [5, 5.41) is 0. The second-order valence-corrected chi connectivity index (χ2v) is 10.6. The molecule has 6 aromatic rings. The molecule has 0 aliphatic carbocycles. The SMILES string of the molecule is Cc1cccc2c1nc1n(C)c3c(C)c4c(cc3n21)nc(-c1c(C(C)C)cccc1C(C)C)n4C. The molecule has 0 amide bonds. The van der Waals surface area contributed by atoms with Crippen LogP contribution in [0.25, 0.3) is 50.3 Å². The predicted octanol–water partition coefficient (Wildman–Crippen LogP) is 7.40. The molecule has 0 radical (unpaired) electrons. The van der Waals surface area contributed by atoms with Crippen molar-refractivity contribution in [1.29, 1.82) is 0 Å². The van der Waals surface area contributed by atoms with Gasteiger partial charge in [-0.3, -0.25) is 4.40 Å². The van der Waals surface area contributed by atoms with Gasteiger partial charge in [0, 0.05) is 25.2 Å². The maximum absolute atomic E-state index is 5.30. The van der Waals surface area contributed by atoms with Crippen molar-refractivity contribution in [2.75, 3.05) is 0 Å². The van der Waals surface area contributed by atoms with Gasteiger partial charge in [0.1, 0.15) is 5.82 Å². The number of imidazole rings is 3. The lowest BCUT2D eigenvalue weighted by Gasteiger charge is -2.19. The van der Waals surface area contributed by atoms with E-state index in [0.29, 0.717) is 11.8 Å². The highest BCUT2D eigenvalue weighted by Gasteiger charge is 2.24. The Kier molecular flexibility index (Phi) is 4.66. The highest BCUT2D eigenvalue weighted by Crippen LogP contribution is 2.39. The lowest BCUT2D eigenvalue weighted by molar-refractivity contribution is 0.827. The van der Waals surface area contributed by atoms with Gasteiger partial charge in [-0.15, -0.1) is 0 Å². The Morgan fingerprint density at radius 3 is 2.06 bits per heavy atom. The molecule has 0 aliphatic heterocycles. The lowest BCUT2D eigenvalue weighted by Crippen LogP contribution is -2.04. The zero-order valence-corrected chi connectivity index (χ0v) is 21.9. The molecule has 35 heavy (non-hydrogen) atoms. The molecular formula is C30H33N5. The Morgan fingerprint density at radius 1 is 0.743 bits per heavy atom. The number of aromatic nitrogens is 5. The summed E-state index contributed by atoms with van der Waals surface area (Å²) in [6.45, 7) is 13.4. The number of fused-ring (bicyclic) bond motifs is 6. The van der Waals surface area contributed by atoms with Gasteiger partial charge >= 0.3 is 0 Å². The summed E-state index contributed by atoms with van der Waals surface area (Å²) in [7, 11) is 4.29. The predicted molar refractivity (Wildman–Crippen MR) is 147 cm³/mol. The molecule has 3 aromatic heterocycles. The molecule has 178 valence electrons. The van der Waals surface area contributed by atoms with Crippen LogP contribution in [0.3, 0.4) is 0 Å². The molecule has 0 saturated heterocycles. The van der Waals surface area contributed by atoms with Crippen LogP contribution in [0.4, 0.5) is 0 Å². The van der Waals surface area contributed by atoms with Crippen LogP contribution in [-0.4, -0.2) is 23.5 Å². The normalized spacial score (nSPS) is 12.5. The van der Waals surface area contributed by atoms with E-state index in [1.165, 1.54) is 38.9 Å². The summed E-state index contributed by atoms with van der Waals surface area (Å²) >= 11 is 0. The van der Waals surface area contributed by atoms with Crippen molar-refractivity contribution < 1.29 is 0 Å². The standard InChI is InChI=1S/C30H33N5/c1-16(2)20-12-10-13-21(17(3)4)25(20)29-31-22-15-24-28(19(6)27(22)33(29)7)34(8)30-32-26-18(5)11-9-14-23(26)35(24)30/h9-17H,1-8H3. The van der Waals surface area contributed by atoms with Gasteiger partial charge in [-0.1, -0.05) is 58.0 Å². The molecule has 0 saturated carbocycles. The van der Waals surface area contributed by atoms with Crippen LogP contribution in [0, 0.1) is 13.8 Å². The number of para-hydroxylation sites is 1. The Morgan fingerprint density at radius 2 is 1.40 bits per heavy atom. The molecule has 3 heterocycles. The molecule has 5 heteroatoms. The van der Waals surface area contributed by atoms with Crippen LogP contribution in [0.5, 0.6) is 0 Å². The van der Waals surface area contributed by atoms with Crippen LogP contribution in [0.15, 0.2) is 42.5 Å². The Labute approximate surface area is 206 Å². The zero-order chi connectivity index (χ0) is 24.8. The van der Waals surface area contributed by atoms with Crippen molar-refractivity contribution in [3.05, 3.63) is 64.7 Å². The third-order valence-corrected chi connectivity index (χ3v) is 7.69. The van der Waals surface area contributed by atoms with E-state index in [2.05, 4.69) is 112 Å². The maximum Gasteiger partial charge on any atom is 0.215 e. The first-order valence-electron chi connectivity index (χ1n) is 12.6. The summed E-state index contributed by atoms with van der Waals surface area (Å²) in [4.78, 5) is 10.3. The minimum absolute atomic E-state index is 0.420. The van der Waals surface area contributed by atoms with E-state index >= 15 is 0 Å². The number of benzene rings is 3. The van der Waals surface area contributed by atoms with E-state index in [9.17, 15) is 0 Å². The third kappa shape index (κ3) is 2.87. The third-order valence-electron chi connectivity index (χ3n) is 7.69. The molecule has 3 aromatic carbocycles. The fourth-order valence-electron chi connectivity index (χ4n) is 5.98. The van der Waals surface area contributed by atoms with Gasteiger partial charge in [-0.05, 0) is 54.5 Å². The number of hydrogen-bond donors (Lipinski definition) is 0. The van der Waals surface area contributed by atoms with E-state index in [1.807, 2.05) is 0 Å². The molecule has 6 rings (SSSR count). The van der Waals surface area contributed by atoms with Crippen LogP contribution in [0.2, 0.25) is 0 Å². The first-order chi connectivity index (χ1) is 16.7. The van der Waals surface area contributed by atoms with E-state index in [-0.39, 0.29) is 0 Å². The van der Waals surface area contributed by atoms with Crippen molar-refractivity contribution in [1.82, 2.24) is 23.5 Å². The zero-order valence-electron chi connectivity index (χ0n) is 21.9. The van der Waals surface area contributed by atoms with Gasteiger partial charge in [0.05, 0.1) is 33.1 Å². The number of rotatable bonds is 3. The minimum Gasteiger partial charge on any atom is -0.327 e. The van der Waals surface area contributed by atoms with E-state index in [4.69, 9.17) is 9.97 Å². The van der Waals surface area contributed by atoms with Gasteiger partial charge in [-0.25, -0.2) is 9.97 Å². The summed E-state index contributed by atoms with van der Waals surface area (Å²) in [6, 6.07) is 15.4. The van der Waals surface area contributed by atoms with Gasteiger partial charge in [-0.2, -0.15) is 0 Å². The summed E-state index contributed by atoms with van der Waals surface area (Å²) < 4.78 is 6.83. The van der Waals surface area contributed by atoms with Gasteiger partial charge < -0.3 is 9.13 Å². The van der Waals surface area contributed by atoms with Gasteiger partial charge in [0.15, 0.2) is 0 Å². The van der Waals surface area contributed by atoms with E-state index in [1.54, 1.807) is 0 Å². The second kappa shape index (κ2) is 7.45. The molecule has 0 fully saturated rings. The molecule has 0 bridgehead atoms. The first kappa shape index (κ1) is 21.9. The highest BCUT2D eigenvalue weighted by molar-refractivity contribution is 6.02. The number of hydrogen-bond acceptors (Lipinski definition) is 2. The topological polar surface area (TPSA) is 40.1 Å².